The van der Waals surface area contributed by atoms with E-state index < -0.39 is 5.54 Å². The van der Waals surface area contributed by atoms with Crippen LogP contribution in [0.15, 0.2) is 24.3 Å². The molecule has 1 rings (SSSR count). The van der Waals surface area contributed by atoms with Crippen LogP contribution in [-0.2, 0) is 4.79 Å². The molecule has 0 heterocycles. The Bertz CT molecular complexity index is 436. The molecular weight excluding hydrogens is 240 g/mol. The number of ether oxygens (including phenoxy) is 1. The van der Waals surface area contributed by atoms with Crippen molar-refractivity contribution in [3.63, 3.8) is 0 Å². The highest BCUT2D eigenvalue weighted by Crippen LogP contribution is 2.20. The van der Waals surface area contributed by atoms with Crippen molar-refractivity contribution in [3.8, 4) is 5.75 Å². The van der Waals surface area contributed by atoms with Crippen LogP contribution in [-0.4, -0.2) is 17.6 Å². The second kappa shape index (κ2) is 6.06. The number of carbonyl (C=O) groups excluding carboxylic acids is 1. The molecule has 0 saturated heterocycles. The molecule has 1 aromatic rings. The Kier molecular flexibility index (Phi) is 4.95. The molecule has 0 aliphatic carbocycles. The molecule has 0 spiro atoms. The van der Waals surface area contributed by atoms with Gasteiger partial charge in [-0.15, -0.1) is 0 Å². The van der Waals surface area contributed by atoms with Crippen molar-refractivity contribution < 1.29 is 9.53 Å². The van der Waals surface area contributed by atoms with Crippen molar-refractivity contribution in [2.75, 3.05) is 0 Å². The van der Waals surface area contributed by atoms with E-state index in [1.54, 1.807) is 13.8 Å². The first kappa shape index (κ1) is 15.5. The Morgan fingerprint density at radius 1 is 1.32 bits per heavy atom. The van der Waals surface area contributed by atoms with Crippen LogP contribution in [0.3, 0.4) is 0 Å². The minimum Gasteiger partial charge on any atom is -0.491 e. The lowest BCUT2D eigenvalue weighted by Gasteiger charge is -2.22. The van der Waals surface area contributed by atoms with Crippen molar-refractivity contribution in [1.82, 2.24) is 5.32 Å². The minimum atomic E-state index is -0.875. The van der Waals surface area contributed by atoms with Gasteiger partial charge in [0.1, 0.15) is 5.75 Å². The molecule has 19 heavy (non-hydrogen) atoms. The zero-order chi connectivity index (χ0) is 14.6. The molecule has 1 amide bonds. The second-order valence-corrected chi connectivity index (χ2v) is 5.66. The Labute approximate surface area is 115 Å². The van der Waals surface area contributed by atoms with Crippen LogP contribution < -0.4 is 15.8 Å². The summed E-state index contributed by atoms with van der Waals surface area (Å²) in [5, 5.41) is 2.90. The molecule has 1 atom stereocenters. The second-order valence-electron chi connectivity index (χ2n) is 5.66. The zero-order valence-corrected chi connectivity index (χ0v) is 12.4. The Morgan fingerprint density at radius 3 is 2.47 bits per heavy atom. The summed E-state index contributed by atoms with van der Waals surface area (Å²) in [5.74, 6) is 0.635. The highest BCUT2D eigenvalue weighted by Gasteiger charge is 2.23. The molecule has 4 nitrogen and oxygen atoms in total. The highest BCUT2D eigenvalue weighted by molar-refractivity contribution is 5.85. The SMILES string of the molecule is CC(C)Oc1cccc(C(C)NC(=O)C(C)(C)N)c1. The van der Waals surface area contributed by atoms with Gasteiger partial charge in [0.2, 0.25) is 5.91 Å². The van der Waals surface area contributed by atoms with Gasteiger partial charge in [-0.05, 0) is 52.3 Å². The molecule has 0 aliphatic rings. The molecule has 0 bridgehead atoms. The Balaban J connectivity index is 2.77. The first-order valence-corrected chi connectivity index (χ1v) is 6.56. The van der Waals surface area contributed by atoms with Crippen LogP contribution in [0.1, 0.15) is 46.2 Å². The first-order chi connectivity index (χ1) is 8.70. The van der Waals surface area contributed by atoms with Gasteiger partial charge in [-0.25, -0.2) is 0 Å². The predicted molar refractivity (Wildman–Crippen MR) is 77.0 cm³/mol. The third-order valence-electron chi connectivity index (χ3n) is 2.66. The maximum atomic E-state index is 11.8. The normalized spacial score (nSPS) is 13.2. The Hall–Kier alpha value is -1.55. The average Bonchev–Trinajstić information content (AvgIpc) is 2.27. The van der Waals surface area contributed by atoms with E-state index in [9.17, 15) is 4.79 Å². The zero-order valence-electron chi connectivity index (χ0n) is 12.4. The number of hydrogen-bond acceptors (Lipinski definition) is 3. The molecule has 3 N–H and O–H groups in total. The van der Waals surface area contributed by atoms with E-state index in [-0.39, 0.29) is 18.1 Å². The molecular formula is C15H24N2O2. The quantitative estimate of drug-likeness (QED) is 0.858. The van der Waals surface area contributed by atoms with Gasteiger partial charge in [-0.2, -0.15) is 0 Å². The lowest BCUT2D eigenvalue weighted by Crippen LogP contribution is -2.49. The lowest BCUT2D eigenvalue weighted by molar-refractivity contribution is -0.125. The summed E-state index contributed by atoms with van der Waals surface area (Å²) in [6.45, 7) is 9.27. The summed E-state index contributed by atoms with van der Waals surface area (Å²) in [5.41, 5.74) is 5.89. The van der Waals surface area contributed by atoms with E-state index >= 15 is 0 Å². The molecule has 0 aromatic heterocycles. The van der Waals surface area contributed by atoms with Crippen molar-refractivity contribution in [2.24, 2.45) is 5.73 Å². The fourth-order valence-corrected chi connectivity index (χ4v) is 1.60. The summed E-state index contributed by atoms with van der Waals surface area (Å²) >= 11 is 0. The van der Waals surface area contributed by atoms with Crippen LogP contribution >= 0.6 is 0 Å². The van der Waals surface area contributed by atoms with Gasteiger partial charge < -0.3 is 15.8 Å². The predicted octanol–water partition coefficient (Wildman–Crippen LogP) is 2.39. The van der Waals surface area contributed by atoms with Gasteiger partial charge in [0.25, 0.3) is 0 Å². The smallest absolute Gasteiger partial charge is 0.239 e. The molecule has 4 heteroatoms. The molecule has 0 radical (unpaired) electrons. The lowest BCUT2D eigenvalue weighted by atomic mass is 10.0. The minimum absolute atomic E-state index is 0.106. The number of hydrogen-bond donors (Lipinski definition) is 2. The maximum Gasteiger partial charge on any atom is 0.239 e. The van der Waals surface area contributed by atoms with Gasteiger partial charge >= 0.3 is 0 Å². The van der Waals surface area contributed by atoms with Crippen LogP contribution in [0.4, 0.5) is 0 Å². The average molecular weight is 264 g/mol. The molecule has 0 aliphatic heterocycles. The van der Waals surface area contributed by atoms with Crippen molar-refractivity contribution >= 4 is 5.91 Å². The van der Waals surface area contributed by atoms with E-state index in [0.29, 0.717) is 0 Å². The standard InChI is InChI=1S/C15H24N2O2/c1-10(2)19-13-8-6-7-12(9-13)11(3)17-14(18)15(4,5)16/h6-11H,16H2,1-5H3,(H,17,18). The maximum absolute atomic E-state index is 11.8. The summed E-state index contributed by atoms with van der Waals surface area (Å²) < 4.78 is 5.64. The largest absolute Gasteiger partial charge is 0.491 e. The Morgan fingerprint density at radius 2 is 1.95 bits per heavy atom. The van der Waals surface area contributed by atoms with E-state index in [2.05, 4.69) is 5.32 Å². The summed E-state index contributed by atoms with van der Waals surface area (Å²) in [6, 6.07) is 7.62. The summed E-state index contributed by atoms with van der Waals surface area (Å²) in [6.07, 6.45) is 0.128. The van der Waals surface area contributed by atoms with Crippen LogP contribution in [0.5, 0.6) is 5.75 Å². The van der Waals surface area contributed by atoms with Crippen LogP contribution in [0, 0.1) is 0 Å². The number of rotatable bonds is 5. The number of carbonyl (C=O) groups is 1. The monoisotopic (exact) mass is 264 g/mol. The fraction of sp³-hybridized carbons (Fsp3) is 0.533. The van der Waals surface area contributed by atoms with Gasteiger partial charge in [-0.3, -0.25) is 4.79 Å². The molecule has 106 valence electrons. The van der Waals surface area contributed by atoms with Gasteiger partial charge in [0.05, 0.1) is 17.7 Å². The van der Waals surface area contributed by atoms with Gasteiger partial charge in [-0.1, -0.05) is 12.1 Å². The van der Waals surface area contributed by atoms with Crippen molar-refractivity contribution in [2.45, 2.75) is 52.3 Å². The van der Waals surface area contributed by atoms with E-state index in [4.69, 9.17) is 10.5 Å². The van der Waals surface area contributed by atoms with Crippen molar-refractivity contribution in [3.05, 3.63) is 29.8 Å². The molecule has 0 saturated carbocycles. The molecule has 0 fully saturated rings. The first-order valence-electron chi connectivity index (χ1n) is 6.56. The van der Waals surface area contributed by atoms with E-state index in [0.717, 1.165) is 11.3 Å². The van der Waals surface area contributed by atoms with E-state index in [1.165, 1.54) is 0 Å². The number of amides is 1. The van der Waals surface area contributed by atoms with Crippen molar-refractivity contribution in [1.29, 1.82) is 0 Å². The number of benzene rings is 1. The molecule has 1 aromatic carbocycles. The third-order valence-corrected chi connectivity index (χ3v) is 2.66. The number of nitrogens with one attached hydrogen (secondary N) is 1. The van der Waals surface area contributed by atoms with Gasteiger partial charge in [0, 0.05) is 0 Å². The van der Waals surface area contributed by atoms with Crippen LogP contribution in [0.25, 0.3) is 0 Å². The fourth-order valence-electron chi connectivity index (χ4n) is 1.60. The van der Waals surface area contributed by atoms with Crippen LogP contribution in [0.2, 0.25) is 0 Å². The van der Waals surface area contributed by atoms with E-state index in [1.807, 2.05) is 45.0 Å². The molecule has 1 unspecified atom stereocenters. The summed E-state index contributed by atoms with van der Waals surface area (Å²) in [4.78, 5) is 11.8. The summed E-state index contributed by atoms with van der Waals surface area (Å²) in [7, 11) is 0. The number of nitrogens with two attached hydrogens (primary N) is 1. The highest BCUT2D eigenvalue weighted by atomic mass is 16.5. The van der Waals surface area contributed by atoms with Gasteiger partial charge in [0.15, 0.2) is 0 Å². The topological polar surface area (TPSA) is 64.3 Å². The third kappa shape index (κ3) is 4.91.